The summed E-state index contributed by atoms with van der Waals surface area (Å²) in [5, 5.41) is 4.34. The fourth-order valence-electron chi connectivity index (χ4n) is 7.33. The number of hydrogen-bond acceptors (Lipinski definition) is 5. The number of rotatable bonds is 5. The minimum absolute atomic E-state index is 0.0294. The van der Waals surface area contributed by atoms with Gasteiger partial charge in [-0.1, -0.05) is 34.1 Å². The zero-order valence-electron chi connectivity index (χ0n) is 22.6. The van der Waals surface area contributed by atoms with E-state index >= 15 is 0 Å². The highest BCUT2D eigenvalue weighted by molar-refractivity contribution is 5.71. The van der Waals surface area contributed by atoms with Crippen LogP contribution in [0.4, 0.5) is 4.79 Å². The van der Waals surface area contributed by atoms with Gasteiger partial charge >= 0.3 is 6.09 Å². The van der Waals surface area contributed by atoms with Crippen LogP contribution in [0.25, 0.3) is 11.3 Å². The number of imidazole rings is 1. The Balaban J connectivity index is 1.25. The molecule has 37 heavy (non-hydrogen) atoms. The van der Waals surface area contributed by atoms with Crippen LogP contribution in [0.5, 0.6) is 5.75 Å². The Kier molecular flexibility index (Phi) is 5.92. The van der Waals surface area contributed by atoms with Gasteiger partial charge in [0.05, 0.1) is 18.0 Å². The molecule has 7 nitrogen and oxygen atoms in total. The summed E-state index contributed by atoms with van der Waals surface area (Å²) in [6.07, 6.45) is 9.26. The number of ether oxygens (including phenoxy) is 2. The van der Waals surface area contributed by atoms with E-state index in [1.807, 2.05) is 30.2 Å². The largest absolute Gasteiger partial charge is 0.493 e. The van der Waals surface area contributed by atoms with Crippen molar-refractivity contribution in [2.45, 2.75) is 70.8 Å². The molecule has 3 unspecified atom stereocenters. The van der Waals surface area contributed by atoms with Crippen molar-refractivity contribution in [3.05, 3.63) is 54.2 Å². The molecule has 2 aromatic heterocycles. The van der Waals surface area contributed by atoms with Crippen molar-refractivity contribution < 1.29 is 14.3 Å². The molecule has 2 saturated carbocycles. The van der Waals surface area contributed by atoms with E-state index in [0.717, 1.165) is 42.0 Å². The quantitative estimate of drug-likeness (QED) is 0.416. The fourth-order valence-corrected chi connectivity index (χ4v) is 7.33. The van der Waals surface area contributed by atoms with E-state index < -0.39 is 0 Å². The molecule has 0 spiro atoms. The minimum atomic E-state index is -0.312. The Morgan fingerprint density at radius 3 is 2.84 bits per heavy atom. The Bertz CT molecular complexity index is 1310. The van der Waals surface area contributed by atoms with Gasteiger partial charge in [-0.2, -0.15) is 5.10 Å². The summed E-state index contributed by atoms with van der Waals surface area (Å²) in [5.74, 6) is 3.01. The van der Waals surface area contributed by atoms with Crippen molar-refractivity contribution in [3.63, 3.8) is 0 Å². The Labute approximate surface area is 219 Å². The summed E-state index contributed by atoms with van der Waals surface area (Å²) in [7, 11) is 1.96. The number of carbonyl (C=O) groups is 1. The van der Waals surface area contributed by atoms with Gasteiger partial charge in [-0.25, -0.2) is 14.3 Å². The van der Waals surface area contributed by atoms with Crippen LogP contribution in [0.1, 0.15) is 70.6 Å². The van der Waals surface area contributed by atoms with Crippen LogP contribution in [-0.2, 0) is 17.2 Å². The molecule has 6 atom stereocenters. The van der Waals surface area contributed by atoms with Crippen LogP contribution < -0.4 is 4.74 Å². The van der Waals surface area contributed by atoms with Crippen molar-refractivity contribution in [2.24, 2.45) is 30.7 Å². The third kappa shape index (κ3) is 3.89. The van der Waals surface area contributed by atoms with Gasteiger partial charge in [-0.3, -0.25) is 4.68 Å². The molecule has 0 bridgehead atoms. The highest BCUT2D eigenvalue weighted by Gasteiger charge is 2.68. The Morgan fingerprint density at radius 1 is 1.27 bits per heavy atom. The molecule has 3 aliphatic rings. The van der Waals surface area contributed by atoms with E-state index in [2.05, 4.69) is 51.0 Å². The van der Waals surface area contributed by atoms with Crippen molar-refractivity contribution in [3.8, 4) is 17.0 Å². The first kappa shape index (κ1) is 24.3. The first-order valence-electron chi connectivity index (χ1n) is 13.8. The van der Waals surface area contributed by atoms with Crippen LogP contribution in [0.15, 0.2) is 43.0 Å². The minimum Gasteiger partial charge on any atom is -0.493 e. The highest BCUT2D eigenvalue weighted by atomic mass is 16.6. The van der Waals surface area contributed by atoms with Crippen LogP contribution in [0.3, 0.4) is 0 Å². The zero-order chi connectivity index (χ0) is 25.9. The summed E-state index contributed by atoms with van der Waals surface area (Å²) in [4.78, 5) is 17.9. The fraction of sp³-hybridized carbons (Fsp3) is 0.567. The van der Waals surface area contributed by atoms with Crippen molar-refractivity contribution in [2.75, 3.05) is 6.61 Å². The topological polar surface area (TPSA) is 71.2 Å². The summed E-state index contributed by atoms with van der Waals surface area (Å²) in [5.41, 5.74) is 4.37. The van der Waals surface area contributed by atoms with Crippen molar-refractivity contribution in [1.29, 1.82) is 0 Å². The number of nitrogens with zero attached hydrogens (tertiary/aromatic N) is 4. The summed E-state index contributed by atoms with van der Waals surface area (Å²) in [6, 6.07) is 8.50. The van der Waals surface area contributed by atoms with Gasteiger partial charge in [0, 0.05) is 47.8 Å². The van der Waals surface area contributed by atoms with Crippen LogP contribution in [0.2, 0.25) is 0 Å². The molecule has 3 aromatic rings. The lowest BCUT2D eigenvalue weighted by molar-refractivity contribution is 0.00672. The molecule has 7 heteroatoms. The number of aromatic nitrogens is 4. The lowest BCUT2D eigenvalue weighted by atomic mass is 9.75. The third-order valence-electron chi connectivity index (χ3n) is 9.46. The number of aryl methyl sites for hydroxylation is 1. The molecule has 3 heterocycles. The molecular formula is C30H38N4O3. The van der Waals surface area contributed by atoms with E-state index in [4.69, 9.17) is 14.5 Å². The smallest absolute Gasteiger partial charge is 0.419 e. The Morgan fingerprint density at radius 2 is 2.11 bits per heavy atom. The second-order valence-electron chi connectivity index (χ2n) is 11.8. The van der Waals surface area contributed by atoms with Crippen LogP contribution >= 0.6 is 0 Å². The number of fused-ring (bicyclic) bond motifs is 3. The molecule has 2 fully saturated rings. The maximum atomic E-state index is 13.2. The van der Waals surface area contributed by atoms with E-state index in [1.54, 1.807) is 10.9 Å². The first-order chi connectivity index (χ1) is 17.8. The van der Waals surface area contributed by atoms with Gasteiger partial charge in [0.25, 0.3) is 0 Å². The monoisotopic (exact) mass is 502 g/mol. The van der Waals surface area contributed by atoms with Gasteiger partial charge < -0.3 is 9.47 Å². The maximum absolute atomic E-state index is 13.2. The lowest BCUT2D eigenvalue weighted by Gasteiger charge is -2.36. The molecule has 2 aliphatic carbocycles. The standard InChI is InChI=1S/C30H38N4O3/c1-6-30-22-14-20(25-11-12-32-33(25)5)8-10-26(22)36-16-23(30)28(30)24-15-34(17-31-24)29(35)37-27-13-19(4)7-9-21(27)18(2)3/h8,10-12,14-15,17-19,21,23,27-28H,6-7,9,13,16H2,1-5H3/t19-,21+,23?,27-,28?,30?/m1/s1. The lowest BCUT2D eigenvalue weighted by Crippen LogP contribution is -2.36. The summed E-state index contributed by atoms with van der Waals surface area (Å²) >= 11 is 0. The molecule has 6 rings (SSSR count). The summed E-state index contributed by atoms with van der Waals surface area (Å²) in [6.45, 7) is 9.64. The van der Waals surface area contributed by atoms with Crippen molar-refractivity contribution in [1.82, 2.24) is 19.3 Å². The normalized spacial score (nSPS) is 30.4. The SMILES string of the molecule is CCC12c3cc(-c4ccnn4C)ccc3OCC1C2c1cn(C(=O)O[C@@H]2C[C@H](C)CC[C@H]2C(C)C)cn1. The van der Waals surface area contributed by atoms with E-state index in [-0.39, 0.29) is 23.5 Å². The second-order valence-corrected chi connectivity index (χ2v) is 11.8. The molecule has 0 radical (unpaired) electrons. The predicted octanol–water partition coefficient (Wildman–Crippen LogP) is 6.18. The maximum Gasteiger partial charge on any atom is 0.419 e. The third-order valence-corrected chi connectivity index (χ3v) is 9.46. The molecule has 1 aromatic carbocycles. The van der Waals surface area contributed by atoms with E-state index in [0.29, 0.717) is 30.3 Å². The zero-order valence-corrected chi connectivity index (χ0v) is 22.6. The molecule has 0 amide bonds. The van der Waals surface area contributed by atoms with Gasteiger partial charge in [-0.15, -0.1) is 0 Å². The average Bonchev–Trinajstić information content (AvgIpc) is 3.14. The predicted molar refractivity (Wildman–Crippen MR) is 142 cm³/mol. The van der Waals surface area contributed by atoms with Gasteiger partial charge in [0.1, 0.15) is 18.2 Å². The second kappa shape index (κ2) is 9.03. The van der Waals surface area contributed by atoms with Crippen LogP contribution in [-0.4, -0.2) is 38.1 Å². The molecule has 196 valence electrons. The van der Waals surface area contributed by atoms with Gasteiger partial charge in [0.15, 0.2) is 0 Å². The average molecular weight is 503 g/mol. The van der Waals surface area contributed by atoms with Crippen LogP contribution in [0, 0.1) is 23.7 Å². The molecule has 0 saturated heterocycles. The number of hydrogen-bond donors (Lipinski definition) is 0. The Hall–Kier alpha value is -3.09. The van der Waals surface area contributed by atoms with E-state index in [1.165, 1.54) is 12.0 Å². The molecule has 1 aliphatic heterocycles. The van der Waals surface area contributed by atoms with Crippen molar-refractivity contribution >= 4 is 6.09 Å². The number of benzene rings is 1. The summed E-state index contributed by atoms with van der Waals surface area (Å²) < 4.78 is 15.7. The highest BCUT2D eigenvalue weighted by Crippen LogP contribution is 2.70. The van der Waals surface area contributed by atoms with Gasteiger partial charge in [-0.05, 0) is 61.3 Å². The first-order valence-corrected chi connectivity index (χ1v) is 13.8. The molecular weight excluding hydrogens is 464 g/mol. The number of carbonyl (C=O) groups excluding carboxylic acids is 1. The van der Waals surface area contributed by atoms with E-state index in [9.17, 15) is 4.79 Å². The molecule has 0 N–H and O–H groups in total. The van der Waals surface area contributed by atoms with Gasteiger partial charge in [0.2, 0.25) is 0 Å².